The fourth-order valence-electron chi connectivity index (χ4n) is 2.17. The molecule has 9 heteroatoms. The number of aryl methyl sites for hydroxylation is 1. The zero-order valence-corrected chi connectivity index (χ0v) is 12.1. The maximum absolute atomic E-state index is 12.6. The van der Waals surface area contributed by atoms with Crippen molar-refractivity contribution in [3.05, 3.63) is 11.4 Å². The van der Waals surface area contributed by atoms with E-state index >= 15 is 0 Å². The molecule has 1 aliphatic rings. The third-order valence-electron chi connectivity index (χ3n) is 3.25. The monoisotopic (exact) mass is 303 g/mol. The van der Waals surface area contributed by atoms with Crippen LogP contribution in [0.3, 0.4) is 0 Å². The summed E-state index contributed by atoms with van der Waals surface area (Å²) in [5, 5.41) is 15.0. The van der Waals surface area contributed by atoms with Crippen LogP contribution in [0.1, 0.15) is 29.5 Å². The Hall–Kier alpha value is -1.45. The molecule has 2 heterocycles. The predicted octanol–water partition coefficient (Wildman–Crippen LogP) is 0.216. The summed E-state index contributed by atoms with van der Waals surface area (Å²) in [7, 11) is -3.89. The van der Waals surface area contributed by atoms with Crippen LogP contribution in [0, 0.1) is 6.92 Å². The zero-order chi connectivity index (χ0) is 14.9. The molecule has 0 aromatic carbocycles. The lowest BCUT2D eigenvalue weighted by Gasteiger charge is -2.31. The van der Waals surface area contributed by atoms with Crippen molar-refractivity contribution in [2.75, 3.05) is 19.7 Å². The summed E-state index contributed by atoms with van der Waals surface area (Å²) in [6, 6.07) is 0. The van der Waals surface area contributed by atoms with Crippen molar-refractivity contribution >= 4 is 16.0 Å². The molecular weight excluding hydrogens is 286 g/mol. The fraction of sp³-hybridized carbons (Fsp3) is 0.636. The van der Waals surface area contributed by atoms with E-state index in [2.05, 4.69) is 10.2 Å². The minimum absolute atomic E-state index is 0.168. The average Bonchev–Trinajstić information content (AvgIpc) is 2.81. The SMILES string of the molecule is CCC1CN(S(=O)(=O)c2c(C(=O)O)n[nH]c2C)CCO1. The number of sulfonamides is 1. The van der Waals surface area contributed by atoms with Crippen LogP contribution < -0.4 is 0 Å². The number of ether oxygens (including phenoxy) is 1. The van der Waals surface area contributed by atoms with Crippen LogP contribution in [0.5, 0.6) is 0 Å². The molecule has 0 saturated carbocycles. The Labute approximate surface area is 116 Å². The van der Waals surface area contributed by atoms with E-state index in [1.165, 1.54) is 11.2 Å². The molecule has 0 bridgehead atoms. The molecule has 1 fully saturated rings. The van der Waals surface area contributed by atoms with Gasteiger partial charge in [0.05, 0.1) is 18.4 Å². The lowest BCUT2D eigenvalue weighted by atomic mass is 10.2. The summed E-state index contributed by atoms with van der Waals surface area (Å²) >= 11 is 0. The van der Waals surface area contributed by atoms with Gasteiger partial charge >= 0.3 is 5.97 Å². The van der Waals surface area contributed by atoms with Gasteiger partial charge in [0.2, 0.25) is 10.0 Å². The summed E-state index contributed by atoms with van der Waals surface area (Å²) < 4.78 is 31.9. The van der Waals surface area contributed by atoms with Crippen LogP contribution in [-0.2, 0) is 14.8 Å². The number of aromatic nitrogens is 2. The normalized spacial score (nSPS) is 21.0. The highest BCUT2D eigenvalue weighted by atomic mass is 32.2. The molecule has 0 radical (unpaired) electrons. The molecule has 0 amide bonds. The van der Waals surface area contributed by atoms with Crippen LogP contribution in [0.4, 0.5) is 0 Å². The molecule has 0 aliphatic carbocycles. The number of aromatic amines is 1. The van der Waals surface area contributed by atoms with Gasteiger partial charge in [-0.05, 0) is 13.3 Å². The number of H-pyrrole nitrogens is 1. The quantitative estimate of drug-likeness (QED) is 0.822. The number of carboxylic acid groups (broad SMARTS) is 1. The Morgan fingerprint density at radius 1 is 1.60 bits per heavy atom. The fourth-order valence-corrected chi connectivity index (χ4v) is 3.91. The topological polar surface area (TPSA) is 113 Å². The molecule has 8 nitrogen and oxygen atoms in total. The Morgan fingerprint density at radius 3 is 2.90 bits per heavy atom. The second-order valence-corrected chi connectivity index (χ2v) is 6.47. The highest BCUT2D eigenvalue weighted by Gasteiger charge is 2.36. The molecule has 2 rings (SSSR count). The van der Waals surface area contributed by atoms with Crippen molar-refractivity contribution in [1.82, 2.24) is 14.5 Å². The third kappa shape index (κ3) is 2.56. The van der Waals surface area contributed by atoms with Gasteiger partial charge in [-0.15, -0.1) is 0 Å². The molecule has 0 spiro atoms. The number of hydrogen-bond acceptors (Lipinski definition) is 5. The molecule has 1 aromatic rings. The van der Waals surface area contributed by atoms with Gasteiger partial charge in [0, 0.05) is 13.1 Å². The molecular formula is C11H17N3O5S. The van der Waals surface area contributed by atoms with Crippen LogP contribution in [-0.4, -0.2) is 59.8 Å². The molecule has 1 unspecified atom stereocenters. The molecule has 112 valence electrons. The van der Waals surface area contributed by atoms with E-state index in [1.807, 2.05) is 6.92 Å². The van der Waals surface area contributed by atoms with Crippen LogP contribution in [0.2, 0.25) is 0 Å². The van der Waals surface area contributed by atoms with Crippen molar-refractivity contribution in [3.8, 4) is 0 Å². The first-order valence-electron chi connectivity index (χ1n) is 6.28. The number of carboxylic acids is 1. The van der Waals surface area contributed by atoms with Crippen LogP contribution >= 0.6 is 0 Å². The van der Waals surface area contributed by atoms with E-state index in [1.54, 1.807) is 0 Å². The third-order valence-corrected chi connectivity index (χ3v) is 5.28. The van der Waals surface area contributed by atoms with Crippen molar-refractivity contribution in [2.45, 2.75) is 31.3 Å². The Kier molecular flexibility index (Phi) is 4.11. The number of nitrogens with zero attached hydrogens (tertiary/aromatic N) is 2. The molecule has 1 aromatic heterocycles. The Bertz CT molecular complexity index is 610. The van der Waals surface area contributed by atoms with Gasteiger partial charge in [0.1, 0.15) is 4.90 Å². The number of aromatic carboxylic acids is 1. The predicted molar refractivity (Wildman–Crippen MR) is 69.1 cm³/mol. The van der Waals surface area contributed by atoms with E-state index in [0.717, 1.165) is 0 Å². The summed E-state index contributed by atoms with van der Waals surface area (Å²) in [6.07, 6.45) is 0.529. The summed E-state index contributed by atoms with van der Waals surface area (Å²) in [5.41, 5.74) is -0.246. The van der Waals surface area contributed by atoms with Gasteiger partial charge in [-0.2, -0.15) is 9.40 Å². The Balaban J connectivity index is 2.40. The molecule has 1 aliphatic heterocycles. The maximum atomic E-state index is 12.6. The summed E-state index contributed by atoms with van der Waals surface area (Å²) in [6.45, 7) is 4.14. The van der Waals surface area contributed by atoms with Crippen LogP contribution in [0.15, 0.2) is 4.90 Å². The Morgan fingerprint density at radius 2 is 2.30 bits per heavy atom. The summed E-state index contributed by atoms with van der Waals surface area (Å²) in [4.78, 5) is 10.8. The van der Waals surface area contributed by atoms with E-state index in [-0.39, 0.29) is 29.8 Å². The first-order valence-corrected chi connectivity index (χ1v) is 7.72. The van der Waals surface area contributed by atoms with Crippen molar-refractivity contribution in [3.63, 3.8) is 0 Å². The highest BCUT2D eigenvalue weighted by molar-refractivity contribution is 7.89. The van der Waals surface area contributed by atoms with E-state index in [4.69, 9.17) is 9.84 Å². The van der Waals surface area contributed by atoms with E-state index in [9.17, 15) is 13.2 Å². The largest absolute Gasteiger partial charge is 0.476 e. The van der Waals surface area contributed by atoms with Crippen LogP contribution in [0.25, 0.3) is 0 Å². The summed E-state index contributed by atoms with van der Waals surface area (Å²) in [5.74, 6) is -1.37. The number of carbonyl (C=O) groups is 1. The van der Waals surface area contributed by atoms with E-state index < -0.39 is 21.7 Å². The molecule has 2 N–H and O–H groups in total. The van der Waals surface area contributed by atoms with Crippen molar-refractivity contribution in [1.29, 1.82) is 0 Å². The van der Waals surface area contributed by atoms with Gasteiger partial charge in [0.15, 0.2) is 5.69 Å². The lowest BCUT2D eigenvalue weighted by molar-refractivity contribution is -0.00280. The van der Waals surface area contributed by atoms with Gasteiger partial charge in [0.25, 0.3) is 0 Å². The van der Waals surface area contributed by atoms with Crippen molar-refractivity contribution < 1.29 is 23.1 Å². The average molecular weight is 303 g/mol. The van der Waals surface area contributed by atoms with Gasteiger partial charge in [-0.25, -0.2) is 13.2 Å². The second kappa shape index (κ2) is 5.51. The van der Waals surface area contributed by atoms with Gasteiger partial charge in [-0.1, -0.05) is 6.92 Å². The zero-order valence-electron chi connectivity index (χ0n) is 11.3. The number of nitrogens with one attached hydrogen (secondary N) is 1. The highest BCUT2D eigenvalue weighted by Crippen LogP contribution is 2.24. The first-order chi connectivity index (χ1) is 9.37. The number of rotatable bonds is 4. The first kappa shape index (κ1) is 14.9. The molecule has 1 saturated heterocycles. The van der Waals surface area contributed by atoms with Gasteiger partial charge < -0.3 is 9.84 Å². The molecule has 20 heavy (non-hydrogen) atoms. The number of morpholine rings is 1. The smallest absolute Gasteiger partial charge is 0.357 e. The second-order valence-electron chi connectivity index (χ2n) is 4.60. The number of hydrogen-bond donors (Lipinski definition) is 2. The van der Waals surface area contributed by atoms with Crippen molar-refractivity contribution in [2.24, 2.45) is 0 Å². The molecule has 1 atom stereocenters. The minimum Gasteiger partial charge on any atom is -0.476 e. The minimum atomic E-state index is -3.89. The van der Waals surface area contributed by atoms with Gasteiger partial charge in [-0.3, -0.25) is 5.10 Å². The maximum Gasteiger partial charge on any atom is 0.357 e. The van der Waals surface area contributed by atoms with E-state index in [0.29, 0.717) is 13.0 Å². The lowest BCUT2D eigenvalue weighted by Crippen LogP contribution is -2.45. The standard InChI is InChI=1S/C11H17N3O5S/c1-3-8-6-14(4-5-19-8)20(17,18)10-7(2)12-13-9(10)11(15)16/h8H,3-6H2,1-2H3,(H,12,13)(H,15,16).